The average Bonchev–Trinajstić information content (AvgIpc) is 2.87. The summed E-state index contributed by atoms with van der Waals surface area (Å²) in [6.07, 6.45) is 1.00. The molecule has 1 saturated heterocycles. The monoisotopic (exact) mass is 324 g/mol. The third-order valence-corrected chi connectivity index (χ3v) is 4.44. The summed E-state index contributed by atoms with van der Waals surface area (Å²) in [6.45, 7) is 4.45. The third kappa shape index (κ3) is 4.15. The summed E-state index contributed by atoms with van der Waals surface area (Å²) < 4.78 is 5.22. The van der Waals surface area contributed by atoms with E-state index in [9.17, 15) is 4.79 Å². The molecule has 0 bridgehead atoms. The molecule has 0 aromatic heterocycles. The minimum absolute atomic E-state index is 0.0930. The number of nitrogens with zero attached hydrogens (tertiary/aromatic N) is 2. The van der Waals surface area contributed by atoms with E-state index in [1.54, 1.807) is 7.11 Å². The van der Waals surface area contributed by atoms with Gasteiger partial charge >= 0.3 is 0 Å². The van der Waals surface area contributed by atoms with Crippen molar-refractivity contribution in [1.29, 1.82) is 0 Å². The second-order valence-corrected chi connectivity index (χ2v) is 6.14. The molecule has 0 unspecified atom stereocenters. The lowest BCUT2D eigenvalue weighted by atomic mass is 10.2. The highest BCUT2D eigenvalue weighted by atomic mass is 16.5. The molecule has 2 aromatic carbocycles. The quantitative estimate of drug-likeness (QED) is 0.866. The van der Waals surface area contributed by atoms with Crippen LogP contribution in [0.25, 0.3) is 0 Å². The zero-order valence-corrected chi connectivity index (χ0v) is 14.1. The summed E-state index contributed by atoms with van der Waals surface area (Å²) >= 11 is 0. The third-order valence-electron chi connectivity index (χ3n) is 4.44. The molecule has 1 aliphatic heterocycles. The van der Waals surface area contributed by atoms with Crippen molar-refractivity contribution in [3.63, 3.8) is 0 Å². The predicted molar refractivity (Wildman–Crippen MR) is 95.2 cm³/mol. The molecule has 24 heavy (non-hydrogen) atoms. The van der Waals surface area contributed by atoms with Gasteiger partial charge in [-0.2, -0.15) is 0 Å². The molecule has 0 saturated carbocycles. The maximum atomic E-state index is 12.7. The van der Waals surface area contributed by atoms with Crippen molar-refractivity contribution in [1.82, 2.24) is 9.80 Å². The summed E-state index contributed by atoms with van der Waals surface area (Å²) in [5.74, 6) is 0.817. The van der Waals surface area contributed by atoms with Crippen LogP contribution in [0.2, 0.25) is 0 Å². The normalized spacial score (nSPS) is 15.8. The molecule has 0 N–H and O–H groups in total. The lowest BCUT2D eigenvalue weighted by molar-refractivity contribution is 0.0760. The van der Waals surface area contributed by atoms with E-state index in [2.05, 4.69) is 29.2 Å². The van der Waals surface area contributed by atoms with Crippen LogP contribution in [0.3, 0.4) is 0 Å². The molecular formula is C20H24N2O2. The van der Waals surface area contributed by atoms with Gasteiger partial charge in [-0.25, -0.2) is 0 Å². The molecule has 0 atom stereocenters. The molecule has 1 amide bonds. The van der Waals surface area contributed by atoms with E-state index in [1.807, 2.05) is 35.2 Å². The van der Waals surface area contributed by atoms with Crippen LogP contribution in [0.5, 0.6) is 5.75 Å². The van der Waals surface area contributed by atoms with Gasteiger partial charge in [-0.1, -0.05) is 36.4 Å². The first-order chi connectivity index (χ1) is 11.8. The Hall–Kier alpha value is -2.33. The van der Waals surface area contributed by atoms with Crippen LogP contribution in [0, 0.1) is 0 Å². The van der Waals surface area contributed by atoms with E-state index in [4.69, 9.17) is 4.74 Å². The summed E-state index contributed by atoms with van der Waals surface area (Å²) in [5.41, 5.74) is 2.02. The van der Waals surface area contributed by atoms with Crippen molar-refractivity contribution in [3.05, 3.63) is 65.7 Å². The van der Waals surface area contributed by atoms with Gasteiger partial charge in [-0.05, 0) is 30.2 Å². The molecule has 126 valence electrons. The number of rotatable bonds is 4. The Morgan fingerprint density at radius 2 is 1.83 bits per heavy atom. The van der Waals surface area contributed by atoms with Crippen LogP contribution in [-0.2, 0) is 6.54 Å². The van der Waals surface area contributed by atoms with Gasteiger partial charge in [0.05, 0.1) is 7.11 Å². The predicted octanol–water partition coefficient (Wildman–Crippen LogP) is 3.04. The standard InChI is InChI=1S/C20H24N2O2/c1-24-19-10-5-9-18(15-19)20(23)22-12-6-11-21(13-14-22)16-17-7-3-2-4-8-17/h2-5,7-10,15H,6,11-14,16H2,1H3. The second kappa shape index (κ2) is 7.97. The molecular weight excluding hydrogens is 300 g/mol. The van der Waals surface area contributed by atoms with Crippen molar-refractivity contribution in [2.45, 2.75) is 13.0 Å². The van der Waals surface area contributed by atoms with Crippen LogP contribution < -0.4 is 4.74 Å². The molecule has 0 spiro atoms. The van der Waals surface area contributed by atoms with Crippen LogP contribution in [0.4, 0.5) is 0 Å². The Bertz CT molecular complexity index is 672. The molecule has 3 rings (SSSR count). The van der Waals surface area contributed by atoms with Crippen LogP contribution >= 0.6 is 0 Å². The number of carbonyl (C=O) groups excluding carboxylic acids is 1. The fraction of sp³-hybridized carbons (Fsp3) is 0.350. The Morgan fingerprint density at radius 1 is 1.00 bits per heavy atom. The maximum absolute atomic E-state index is 12.7. The smallest absolute Gasteiger partial charge is 0.254 e. The topological polar surface area (TPSA) is 32.8 Å². The number of hydrogen-bond acceptors (Lipinski definition) is 3. The highest BCUT2D eigenvalue weighted by Gasteiger charge is 2.20. The van der Waals surface area contributed by atoms with Gasteiger partial charge in [-0.3, -0.25) is 9.69 Å². The van der Waals surface area contributed by atoms with Gasteiger partial charge in [0.1, 0.15) is 5.75 Å². The van der Waals surface area contributed by atoms with Crippen molar-refractivity contribution in [2.75, 3.05) is 33.3 Å². The number of hydrogen-bond donors (Lipinski definition) is 0. The first-order valence-corrected chi connectivity index (χ1v) is 8.46. The molecule has 4 nitrogen and oxygen atoms in total. The summed E-state index contributed by atoms with van der Waals surface area (Å²) in [6, 6.07) is 17.9. The number of carbonyl (C=O) groups is 1. The number of benzene rings is 2. The van der Waals surface area contributed by atoms with Crippen molar-refractivity contribution >= 4 is 5.91 Å². The Balaban J connectivity index is 1.61. The number of amides is 1. The van der Waals surface area contributed by atoms with Crippen molar-refractivity contribution < 1.29 is 9.53 Å². The fourth-order valence-corrected chi connectivity index (χ4v) is 3.11. The Morgan fingerprint density at radius 3 is 2.62 bits per heavy atom. The maximum Gasteiger partial charge on any atom is 0.254 e. The highest BCUT2D eigenvalue weighted by molar-refractivity contribution is 5.94. The largest absolute Gasteiger partial charge is 0.497 e. The lowest BCUT2D eigenvalue weighted by Crippen LogP contribution is -2.35. The van der Waals surface area contributed by atoms with E-state index in [1.165, 1.54) is 5.56 Å². The average molecular weight is 324 g/mol. The van der Waals surface area contributed by atoms with Crippen molar-refractivity contribution in [3.8, 4) is 5.75 Å². The van der Waals surface area contributed by atoms with Gasteiger partial charge in [0.25, 0.3) is 5.91 Å². The SMILES string of the molecule is COc1cccc(C(=O)N2CCCN(Cc3ccccc3)CC2)c1. The summed E-state index contributed by atoms with van der Waals surface area (Å²) in [7, 11) is 1.62. The molecule has 0 radical (unpaired) electrons. The van der Waals surface area contributed by atoms with E-state index >= 15 is 0 Å². The number of ether oxygens (including phenoxy) is 1. The Kier molecular flexibility index (Phi) is 5.49. The van der Waals surface area contributed by atoms with Gasteiger partial charge in [0, 0.05) is 38.3 Å². The van der Waals surface area contributed by atoms with Crippen LogP contribution in [-0.4, -0.2) is 49.0 Å². The minimum Gasteiger partial charge on any atom is -0.497 e. The number of methoxy groups -OCH3 is 1. The van der Waals surface area contributed by atoms with Gasteiger partial charge in [0.2, 0.25) is 0 Å². The summed E-state index contributed by atoms with van der Waals surface area (Å²) in [5, 5.41) is 0. The summed E-state index contributed by atoms with van der Waals surface area (Å²) in [4.78, 5) is 17.1. The molecule has 1 fully saturated rings. The van der Waals surface area contributed by atoms with E-state index < -0.39 is 0 Å². The van der Waals surface area contributed by atoms with Gasteiger partial charge < -0.3 is 9.64 Å². The van der Waals surface area contributed by atoms with E-state index in [0.29, 0.717) is 5.56 Å². The lowest BCUT2D eigenvalue weighted by Gasteiger charge is -2.22. The van der Waals surface area contributed by atoms with E-state index in [0.717, 1.165) is 44.9 Å². The second-order valence-electron chi connectivity index (χ2n) is 6.14. The molecule has 4 heteroatoms. The zero-order chi connectivity index (χ0) is 16.8. The molecule has 2 aromatic rings. The highest BCUT2D eigenvalue weighted by Crippen LogP contribution is 2.16. The fourth-order valence-electron chi connectivity index (χ4n) is 3.11. The van der Waals surface area contributed by atoms with Crippen molar-refractivity contribution in [2.24, 2.45) is 0 Å². The van der Waals surface area contributed by atoms with Crippen LogP contribution in [0.1, 0.15) is 22.3 Å². The molecule has 0 aliphatic carbocycles. The first-order valence-electron chi connectivity index (χ1n) is 8.46. The molecule has 1 heterocycles. The van der Waals surface area contributed by atoms with Gasteiger partial charge in [0.15, 0.2) is 0 Å². The van der Waals surface area contributed by atoms with E-state index in [-0.39, 0.29) is 5.91 Å². The van der Waals surface area contributed by atoms with Gasteiger partial charge in [-0.15, -0.1) is 0 Å². The molecule has 1 aliphatic rings. The zero-order valence-electron chi connectivity index (χ0n) is 14.1. The van der Waals surface area contributed by atoms with Crippen LogP contribution in [0.15, 0.2) is 54.6 Å². The minimum atomic E-state index is 0.0930. The Labute approximate surface area is 143 Å². The first kappa shape index (κ1) is 16.5.